The van der Waals surface area contributed by atoms with Crippen molar-refractivity contribution in [3.05, 3.63) is 58.3 Å². The van der Waals surface area contributed by atoms with Crippen LogP contribution in [-0.2, 0) is 6.54 Å². The molecule has 0 radical (unpaired) electrons. The van der Waals surface area contributed by atoms with Crippen molar-refractivity contribution in [1.82, 2.24) is 25.2 Å². The van der Waals surface area contributed by atoms with Gasteiger partial charge < -0.3 is 5.32 Å². The van der Waals surface area contributed by atoms with E-state index >= 15 is 0 Å². The Balaban J connectivity index is 1.86. The van der Waals surface area contributed by atoms with Crippen molar-refractivity contribution in [2.45, 2.75) is 6.54 Å². The zero-order chi connectivity index (χ0) is 14.7. The summed E-state index contributed by atoms with van der Waals surface area (Å²) in [6.07, 6.45) is 3.49. The smallest absolute Gasteiger partial charge is 0.248 e. The van der Waals surface area contributed by atoms with Gasteiger partial charge in [0.25, 0.3) is 0 Å². The highest BCUT2D eigenvalue weighted by Crippen LogP contribution is 2.29. The number of anilines is 1. The van der Waals surface area contributed by atoms with Crippen LogP contribution in [0.2, 0.25) is 10.0 Å². The summed E-state index contributed by atoms with van der Waals surface area (Å²) in [4.78, 5) is 4.05. The lowest BCUT2D eigenvalue weighted by Gasteiger charge is -2.09. The Kier molecular flexibility index (Phi) is 3.98. The molecule has 0 saturated carbocycles. The molecule has 0 atom stereocenters. The molecule has 1 N–H and O–H groups in total. The van der Waals surface area contributed by atoms with E-state index in [4.69, 9.17) is 23.2 Å². The first-order chi connectivity index (χ1) is 10.3. The van der Waals surface area contributed by atoms with Crippen LogP contribution in [0.5, 0.6) is 0 Å². The highest BCUT2D eigenvalue weighted by atomic mass is 35.5. The van der Waals surface area contributed by atoms with Gasteiger partial charge in [-0.15, -0.1) is 0 Å². The maximum Gasteiger partial charge on any atom is 0.248 e. The zero-order valence-electron chi connectivity index (χ0n) is 10.7. The Morgan fingerprint density at radius 1 is 1.14 bits per heavy atom. The number of nitrogens with one attached hydrogen (secondary N) is 1. The maximum absolute atomic E-state index is 6.19. The van der Waals surface area contributed by atoms with Crippen LogP contribution in [0.4, 0.5) is 5.95 Å². The molecule has 0 aliphatic rings. The minimum Gasteiger partial charge on any atom is -0.349 e. The van der Waals surface area contributed by atoms with Crippen LogP contribution in [0.25, 0.3) is 5.69 Å². The predicted octanol–water partition coefficient (Wildman–Crippen LogP) is 2.98. The van der Waals surface area contributed by atoms with Crippen LogP contribution < -0.4 is 5.32 Å². The molecule has 0 amide bonds. The van der Waals surface area contributed by atoms with Crippen LogP contribution in [0.3, 0.4) is 0 Å². The number of pyridine rings is 1. The maximum atomic E-state index is 6.19. The summed E-state index contributed by atoms with van der Waals surface area (Å²) in [6.45, 7) is 0.548. The third-order valence-electron chi connectivity index (χ3n) is 2.80. The Morgan fingerprint density at radius 2 is 2.05 bits per heavy atom. The largest absolute Gasteiger partial charge is 0.349 e. The first-order valence-electron chi connectivity index (χ1n) is 6.11. The summed E-state index contributed by atoms with van der Waals surface area (Å²) in [5, 5.41) is 15.5. The van der Waals surface area contributed by atoms with Crippen molar-refractivity contribution in [3.63, 3.8) is 0 Å². The van der Waals surface area contributed by atoms with Gasteiger partial charge in [-0.3, -0.25) is 4.98 Å². The van der Waals surface area contributed by atoms with Crippen molar-refractivity contribution in [2.75, 3.05) is 5.32 Å². The predicted molar refractivity (Wildman–Crippen MR) is 80.7 cm³/mol. The first kappa shape index (κ1) is 13.8. The molecule has 0 spiro atoms. The van der Waals surface area contributed by atoms with Crippen LogP contribution in [0.1, 0.15) is 5.56 Å². The van der Waals surface area contributed by atoms with Crippen molar-refractivity contribution in [2.24, 2.45) is 0 Å². The molecule has 0 saturated heterocycles. The van der Waals surface area contributed by atoms with E-state index in [0.717, 1.165) is 5.56 Å². The van der Waals surface area contributed by atoms with E-state index in [2.05, 4.69) is 25.8 Å². The summed E-state index contributed by atoms with van der Waals surface area (Å²) in [7, 11) is 0. The molecule has 3 aromatic rings. The fraction of sp³-hybridized carbons (Fsp3) is 0.0769. The molecule has 0 bridgehead atoms. The molecule has 8 heteroatoms. The lowest BCUT2D eigenvalue weighted by molar-refractivity contribution is 0.789. The van der Waals surface area contributed by atoms with Crippen molar-refractivity contribution in [1.29, 1.82) is 0 Å². The molecule has 106 valence electrons. The lowest BCUT2D eigenvalue weighted by atomic mass is 10.3. The summed E-state index contributed by atoms with van der Waals surface area (Å²) in [5.41, 5.74) is 1.63. The zero-order valence-corrected chi connectivity index (χ0v) is 12.3. The van der Waals surface area contributed by atoms with E-state index in [-0.39, 0.29) is 0 Å². The van der Waals surface area contributed by atoms with Gasteiger partial charge in [0.1, 0.15) is 0 Å². The molecule has 6 nitrogen and oxygen atoms in total. The van der Waals surface area contributed by atoms with Gasteiger partial charge in [0.15, 0.2) is 0 Å². The number of hydrogen-bond donors (Lipinski definition) is 1. The van der Waals surface area contributed by atoms with Crippen LogP contribution in [0, 0.1) is 0 Å². The second kappa shape index (κ2) is 6.07. The van der Waals surface area contributed by atoms with Gasteiger partial charge in [0, 0.05) is 18.9 Å². The summed E-state index contributed by atoms with van der Waals surface area (Å²) < 4.78 is 1.50. The van der Waals surface area contributed by atoms with E-state index < -0.39 is 0 Å². The molecule has 0 fully saturated rings. The number of hydrogen-bond acceptors (Lipinski definition) is 5. The van der Waals surface area contributed by atoms with E-state index in [1.54, 1.807) is 30.6 Å². The molecular formula is C13H10Cl2N6. The van der Waals surface area contributed by atoms with Crippen LogP contribution >= 0.6 is 23.2 Å². The minimum atomic E-state index is 0.399. The highest BCUT2D eigenvalue weighted by Gasteiger charge is 2.12. The van der Waals surface area contributed by atoms with E-state index in [9.17, 15) is 0 Å². The summed E-state index contributed by atoms with van der Waals surface area (Å²) in [5.74, 6) is 0.475. The standard InChI is InChI=1S/C13H10Cl2N6/c14-10-4-1-5-11(12(10)15)21-13(18-19-20-21)17-8-9-3-2-6-16-7-9/h1-7H,8H2,(H,17,18,20). The quantitative estimate of drug-likeness (QED) is 0.800. The fourth-order valence-electron chi connectivity index (χ4n) is 1.80. The number of tetrazole rings is 1. The monoisotopic (exact) mass is 320 g/mol. The molecule has 0 aliphatic heterocycles. The molecule has 0 aliphatic carbocycles. The molecule has 21 heavy (non-hydrogen) atoms. The lowest BCUT2D eigenvalue weighted by Crippen LogP contribution is -2.08. The van der Waals surface area contributed by atoms with E-state index in [1.165, 1.54) is 4.68 Å². The number of rotatable bonds is 4. The second-order valence-corrected chi connectivity index (χ2v) is 4.99. The van der Waals surface area contributed by atoms with Crippen molar-refractivity contribution >= 4 is 29.2 Å². The normalized spacial score (nSPS) is 10.6. The number of aromatic nitrogens is 5. The van der Waals surface area contributed by atoms with Gasteiger partial charge in [-0.05, 0) is 34.2 Å². The average Bonchev–Trinajstić information content (AvgIpc) is 2.97. The Bertz CT molecular complexity index is 743. The van der Waals surface area contributed by atoms with Crippen molar-refractivity contribution < 1.29 is 0 Å². The number of halogens is 2. The Labute approximate surface area is 130 Å². The molecule has 2 aromatic heterocycles. The molecular weight excluding hydrogens is 311 g/mol. The minimum absolute atomic E-state index is 0.399. The Morgan fingerprint density at radius 3 is 2.86 bits per heavy atom. The number of nitrogens with zero attached hydrogens (tertiary/aromatic N) is 5. The van der Waals surface area contributed by atoms with Gasteiger partial charge in [0.2, 0.25) is 5.95 Å². The van der Waals surface area contributed by atoms with Gasteiger partial charge in [-0.1, -0.05) is 40.4 Å². The summed E-state index contributed by atoms with van der Waals surface area (Å²) >= 11 is 12.2. The van der Waals surface area contributed by atoms with E-state index in [1.807, 2.05) is 12.1 Å². The van der Waals surface area contributed by atoms with Crippen LogP contribution in [-0.4, -0.2) is 25.2 Å². The topological polar surface area (TPSA) is 68.5 Å². The number of benzene rings is 1. The fourth-order valence-corrected chi connectivity index (χ4v) is 2.17. The molecule has 3 rings (SSSR count). The third kappa shape index (κ3) is 2.96. The van der Waals surface area contributed by atoms with Crippen LogP contribution in [0.15, 0.2) is 42.7 Å². The first-order valence-corrected chi connectivity index (χ1v) is 6.87. The molecule has 1 aromatic carbocycles. The van der Waals surface area contributed by atoms with Gasteiger partial charge in [-0.25, -0.2) is 0 Å². The van der Waals surface area contributed by atoms with Crippen molar-refractivity contribution in [3.8, 4) is 5.69 Å². The second-order valence-electron chi connectivity index (χ2n) is 4.20. The SMILES string of the molecule is Clc1cccc(-n2nnnc2NCc2cccnc2)c1Cl. The third-order valence-corrected chi connectivity index (χ3v) is 3.61. The van der Waals surface area contributed by atoms with Gasteiger partial charge >= 0.3 is 0 Å². The Hall–Kier alpha value is -2.18. The van der Waals surface area contributed by atoms with Gasteiger partial charge in [0.05, 0.1) is 15.7 Å². The highest BCUT2D eigenvalue weighted by molar-refractivity contribution is 6.43. The summed E-state index contributed by atoms with van der Waals surface area (Å²) in [6, 6.07) is 9.12. The van der Waals surface area contributed by atoms with E-state index in [0.29, 0.717) is 28.2 Å². The molecule has 2 heterocycles. The van der Waals surface area contributed by atoms with Gasteiger partial charge in [-0.2, -0.15) is 4.68 Å². The average molecular weight is 321 g/mol. The molecule has 0 unspecified atom stereocenters.